The molecule has 2 rings (SSSR count). The largest absolute Gasteiger partial charge is 0.573 e. The summed E-state index contributed by atoms with van der Waals surface area (Å²) in [5.41, 5.74) is 6.67. The Hall–Kier alpha value is -2.08. The monoisotopic (exact) mass is 317 g/mol. The van der Waals surface area contributed by atoms with Crippen molar-refractivity contribution in [3.8, 4) is 11.5 Å². The summed E-state index contributed by atoms with van der Waals surface area (Å²) < 4.78 is 46.1. The molecule has 0 unspecified atom stereocenters. The molecule has 0 amide bonds. The highest BCUT2D eigenvalue weighted by molar-refractivity contribution is 6.31. The van der Waals surface area contributed by atoms with Gasteiger partial charge in [-0.25, -0.2) is 0 Å². The van der Waals surface area contributed by atoms with Crippen LogP contribution in [0.5, 0.6) is 11.5 Å². The third-order valence-corrected chi connectivity index (χ3v) is 2.90. The Morgan fingerprint density at radius 1 is 1.05 bits per heavy atom. The summed E-state index contributed by atoms with van der Waals surface area (Å²) in [6, 6.07) is 10.3. The van der Waals surface area contributed by atoms with E-state index in [1.807, 2.05) is 0 Å². The highest BCUT2D eigenvalue weighted by Gasteiger charge is 2.32. The van der Waals surface area contributed by atoms with Gasteiger partial charge in [0, 0.05) is 16.3 Å². The fraction of sp³-hybridized carbons (Fsp3) is 0.143. The van der Waals surface area contributed by atoms with Crippen molar-refractivity contribution in [1.82, 2.24) is 0 Å². The third-order valence-electron chi connectivity index (χ3n) is 2.53. The first-order valence-electron chi connectivity index (χ1n) is 5.86. The summed E-state index contributed by atoms with van der Waals surface area (Å²) >= 11 is 5.96. The number of hydrogen-bond donors (Lipinski definition) is 1. The summed E-state index contributed by atoms with van der Waals surface area (Å²) in [7, 11) is 0. The van der Waals surface area contributed by atoms with Gasteiger partial charge in [0.25, 0.3) is 0 Å². The van der Waals surface area contributed by atoms with Crippen LogP contribution in [0.2, 0.25) is 5.02 Å². The Kier molecular flexibility index (Phi) is 4.47. The number of alkyl halides is 3. The Morgan fingerprint density at radius 2 is 1.71 bits per heavy atom. The standard InChI is InChI=1S/C14H11ClF3NO2/c15-11-6-5-10(19)7-9(11)8-20-12-3-1-2-4-13(12)21-14(16,17)18/h1-7H,8,19H2. The Bertz CT molecular complexity index is 632. The van der Waals surface area contributed by atoms with Gasteiger partial charge in [0.15, 0.2) is 11.5 Å². The lowest BCUT2D eigenvalue weighted by Crippen LogP contribution is -2.17. The summed E-state index contributed by atoms with van der Waals surface area (Å²) in [6.07, 6.45) is -4.78. The molecule has 0 aromatic heterocycles. The van der Waals surface area contributed by atoms with E-state index in [1.165, 1.54) is 18.2 Å². The average Bonchev–Trinajstić information content (AvgIpc) is 2.39. The fourth-order valence-electron chi connectivity index (χ4n) is 1.64. The number of para-hydroxylation sites is 2. The predicted octanol–water partition coefficient (Wildman–Crippen LogP) is 4.40. The van der Waals surface area contributed by atoms with Crippen LogP contribution in [0.1, 0.15) is 5.56 Å². The van der Waals surface area contributed by atoms with Gasteiger partial charge in [0.2, 0.25) is 0 Å². The summed E-state index contributed by atoms with van der Waals surface area (Å²) in [5.74, 6) is -0.446. The molecule has 7 heteroatoms. The van der Waals surface area contributed by atoms with Crippen LogP contribution in [0.25, 0.3) is 0 Å². The molecule has 0 saturated heterocycles. The predicted molar refractivity (Wildman–Crippen MR) is 73.3 cm³/mol. The van der Waals surface area contributed by atoms with Gasteiger partial charge in [0.05, 0.1) is 0 Å². The van der Waals surface area contributed by atoms with E-state index in [9.17, 15) is 13.2 Å². The smallest absolute Gasteiger partial charge is 0.485 e. The Labute approximate surface area is 124 Å². The molecule has 0 aliphatic rings. The van der Waals surface area contributed by atoms with Crippen molar-refractivity contribution in [1.29, 1.82) is 0 Å². The van der Waals surface area contributed by atoms with E-state index < -0.39 is 12.1 Å². The molecular formula is C14H11ClF3NO2. The Balaban J connectivity index is 2.15. The number of hydrogen-bond acceptors (Lipinski definition) is 3. The minimum absolute atomic E-state index is 0.0257. The maximum atomic E-state index is 12.3. The van der Waals surface area contributed by atoms with Gasteiger partial charge in [-0.05, 0) is 30.3 Å². The lowest BCUT2D eigenvalue weighted by atomic mass is 10.2. The van der Waals surface area contributed by atoms with Crippen LogP contribution in [0, 0.1) is 0 Å². The molecule has 0 aliphatic heterocycles. The van der Waals surface area contributed by atoms with Gasteiger partial charge in [0.1, 0.15) is 6.61 Å². The molecule has 0 atom stereocenters. The molecule has 0 saturated carbocycles. The molecule has 0 heterocycles. The van der Waals surface area contributed by atoms with E-state index in [-0.39, 0.29) is 12.4 Å². The van der Waals surface area contributed by atoms with Gasteiger partial charge in [-0.2, -0.15) is 0 Å². The van der Waals surface area contributed by atoms with Gasteiger partial charge < -0.3 is 15.2 Å². The summed E-state index contributed by atoms with van der Waals surface area (Å²) in [5, 5.41) is 0.415. The lowest BCUT2D eigenvalue weighted by molar-refractivity contribution is -0.275. The molecule has 0 radical (unpaired) electrons. The van der Waals surface area contributed by atoms with Crippen LogP contribution in [0.15, 0.2) is 42.5 Å². The Morgan fingerprint density at radius 3 is 2.38 bits per heavy atom. The van der Waals surface area contributed by atoms with E-state index in [1.54, 1.807) is 24.3 Å². The number of benzene rings is 2. The van der Waals surface area contributed by atoms with Crippen LogP contribution in [-0.4, -0.2) is 6.36 Å². The molecule has 112 valence electrons. The molecule has 2 aromatic carbocycles. The molecule has 0 spiro atoms. The van der Waals surface area contributed by atoms with Crippen molar-refractivity contribution in [2.45, 2.75) is 13.0 Å². The van der Waals surface area contributed by atoms with Crippen molar-refractivity contribution < 1.29 is 22.6 Å². The maximum Gasteiger partial charge on any atom is 0.573 e. The maximum absolute atomic E-state index is 12.3. The second-order valence-electron chi connectivity index (χ2n) is 4.13. The van der Waals surface area contributed by atoms with Gasteiger partial charge in [-0.3, -0.25) is 0 Å². The minimum Gasteiger partial charge on any atom is -0.485 e. The number of rotatable bonds is 4. The molecule has 0 bridgehead atoms. The second kappa shape index (κ2) is 6.13. The molecular weight excluding hydrogens is 307 g/mol. The van der Waals surface area contributed by atoms with Crippen molar-refractivity contribution in [3.63, 3.8) is 0 Å². The van der Waals surface area contributed by atoms with Crippen molar-refractivity contribution in [2.24, 2.45) is 0 Å². The van der Waals surface area contributed by atoms with Crippen LogP contribution < -0.4 is 15.2 Å². The van der Waals surface area contributed by atoms with Crippen LogP contribution in [0.3, 0.4) is 0 Å². The summed E-state index contributed by atoms with van der Waals surface area (Å²) in [6.45, 7) is -0.0257. The first-order valence-corrected chi connectivity index (χ1v) is 6.24. The van der Waals surface area contributed by atoms with E-state index in [2.05, 4.69) is 4.74 Å². The number of ether oxygens (including phenoxy) is 2. The van der Waals surface area contributed by atoms with E-state index in [4.69, 9.17) is 22.1 Å². The number of nitrogen functional groups attached to an aromatic ring is 1. The molecule has 0 aliphatic carbocycles. The SMILES string of the molecule is Nc1ccc(Cl)c(COc2ccccc2OC(F)(F)F)c1. The van der Waals surface area contributed by atoms with Crippen molar-refractivity contribution in [2.75, 3.05) is 5.73 Å². The van der Waals surface area contributed by atoms with Gasteiger partial charge in [-0.15, -0.1) is 13.2 Å². The quantitative estimate of drug-likeness (QED) is 0.850. The fourth-order valence-corrected chi connectivity index (χ4v) is 1.81. The van der Waals surface area contributed by atoms with Gasteiger partial charge >= 0.3 is 6.36 Å². The van der Waals surface area contributed by atoms with E-state index in [0.717, 1.165) is 0 Å². The average molecular weight is 318 g/mol. The van der Waals surface area contributed by atoms with E-state index >= 15 is 0 Å². The first-order chi connectivity index (χ1) is 9.85. The normalized spacial score (nSPS) is 11.2. The van der Waals surface area contributed by atoms with Crippen LogP contribution in [0.4, 0.5) is 18.9 Å². The zero-order valence-corrected chi connectivity index (χ0v) is 11.4. The van der Waals surface area contributed by atoms with Crippen LogP contribution in [-0.2, 0) is 6.61 Å². The summed E-state index contributed by atoms with van der Waals surface area (Å²) in [4.78, 5) is 0. The second-order valence-corrected chi connectivity index (χ2v) is 4.54. The number of halogens is 4. The molecule has 21 heavy (non-hydrogen) atoms. The number of anilines is 1. The van der Waals surface area contributed by atoms with Crippen molar-refractivity contribution in [3.05, 3.63) is 53.1 Å². The van der Waals surface area contributed by atoms with Gasteiger partial charge in [-0.1, -0.05) is 23.7 Å². The highest BCUT2D eigenvalue weighted by atomic mass is 35.5. The zero-order valence-electron chi connectivity index (χ0n) is 10.7. The molecule has 2 aromatic rings. The minimum atomic E-state index is -4.78. The highest BCUT2D eigenvalue weighted by Crippen LogP contribution is 2.32. The molecule has 0 fully saturated rings. The third kappa shape index (κ3) is 4.46. The molecule has 3 nitrogen and oxygen atoms in total. The lowest BCUT2D eigenvalue weighted by Gasteiger charge is -2.14. The topological polar surface area (TPSA) is 44.5 Å². The van der Waals surface area contributed by atoms with Crippen molar-refractivity contribution >= 4 is 17.3 Å². The van der Waals surface area contributed by atoms with E-state index in [0.29, 0.717) is 16.3 Å². The molecule has 2 N–H and O–H groups in total. The zero-order chi connectivity index (χ0) is 15.5. The van der Waals surface area contributed by atoms with Crippen LogP contribution >= 0.6 is 11.6 Å². The first kappa shape index (κ1) is 15.3. The number of nitrogens with two attached hydrogens (primary N) is 1.